The first kappa shape index (κ1) is 15.4. The van der Waals surface area contributed by atoms with Gasteiger partial charge in [0.15, 0.2) is 0 Å². The highest BCUT2D eigenvalue weighted by Gasteiger charge is 2.30. The summed E-state index contributed by atoms with van der Waals surface area (Å²) in [5.41, 5.74) is 6.27. The predicted octanol–water partition coefficient (Wildman–Crippen LogP) is 3.97. The number of pyridine rings is 1. The zero-order valence-corrected chi connectivity index (χ0v) is 11.9. The van der Waals surface area contributed by atoms with E-state index < -0.39 is 11.7 Å². The Morgan fingerprint density at radius 3 is 2.52 bits per heavy atom. The molecular formula is C14H13ClF3N3. The van der Waals surface area contributed by atoms with Crippen molar-refractivity contribution < 1.29 is 13.2 Å². The van der Waals surface area contributed by atoms with Gasteiger partial charge in [0.05, 0.1) is 5.56 Å². The number of hydrogen-bond acceptors (Lipinski definition) is 3. The van der Waals surface area contributed by atoms with E-state index in [0.717, 1.165) is 17.8 Å². The van der Waals surface area contributed by atoms with Crippen LogP contribution in [0.5, 0.6) is 0 Å². The molecule has 0 radical (unpaired) electrons. The Hall–Kier alpha value is -1.95. The fourth-order valence-corrected chi connectivity index (χ4v) is 2.01. The van der Waals surface area contributed by atoms with Crippen LogP contribution in [0.3, 0.4) is 0 Å². The van der Waals surface area contributed by atoms with E-state index in [-0.39, 0.29) is 0 Å². The minimum atomic E-state index is -4.39. The molecule has 0 spiro atoms. The zero-order valence-electron chi connectivity index (χ0n) is 11.2. The molecule has 3 nitrogen and oxygen atoms in total. The van der Waals surface area contributed by atoms with Crippen LogP contribution in [-0.2, 0) is 12.7 Å². The molecule has 0 bridgehead atoms. The SMILES string of the molecule is CN(Cc1cc(N)ccc1Cl)c1ccc(C(F)(F)F)cn1. The molecular weight excluding hydrogens is 303 g/mol. The number of hydrogen-bond donors (Lipinski definition) is 1. The van der Waals surface area contributed by atoms with Crippen LogP contribution in [0, 0.1) is 0 Å². The van der Waals surface area contributed by atoms with Crippen LogP contribution in [0.15, 0.2) is 36.5 Å². The Morgan fingerprint density at radius 1 is 1.24 bits per heavy atom. The molecule has 2 rings (SSSR count). The molecule has 0 saturated carbocycles. The molecule has 0 unspecified atom stereocenters. The zero-order chi connectivity index (χ0) is 15.6. The molecule has 112 valence electrons. The van der Waals surface area contributed by atoms with Gasteiger partial charge in [-0.2, -0.15) is 13.2 Å². The predicted molar refractivity (Wildman–Crippen MR) is 77.2 cm³/mol. The lowest BCUT2D eigenvalue weighted by Crippen LogP contribution is -2.18. The second-order valence-corrected chi connectivity index (χ2v) is 5.02. The second-order valence-electron chi connectivity index (χ2n) is 4.61. The van der Waals surface area contributed by atoms with Crippen molar-refractivity contribution in [2.75, 3.05) is 17.7 Å². The standard InChI is InChI=1S/C14H13ClF3N3/c1-21(8-9-6-11(19)3-4-12(9)15)13-5-2-10(7-20-13)14(16,17)18/h2-7H,8,19H2,1H3. The van der Waals surface area contributed by atoms with Crippen molar-refractivity contribution >= 4 is 23.1 Å². The molecule has 0 saturated heterocycles. The fourth-order valence-electron chi connectivity index (χ4n) is 1.83. The third kappa shape index (κ3) is 3.78. The molecule has 1 aromatic heterocycles. The summed E-state index contributed by atoms with van der Waals surface area (Å²) in [5, 5.41) is 0.544. The first-order valence-corrected chi connectivity index (χ1v) is 6.43. The highest BCUT2D eigenvalue weighted by Crippen LogP contribution is 2.29. The van der Waals surface area contributed by atoms with Crippen LogP contribution in [-0.4, -0.2) is 12.0 Å². The lowest BCUT2D eigenvalue weighted by molar-refractivity contribution is -0.137. The van der Waals surface area contributed by atoms with E-state index in [1.165, 1.54) is 6.07 Å². The van der Waals surface area contributed by atoms with Crippen LogP contribution in [0.25, 0.3) is 0 Å². The quantitative estimate of drug-likeness (QED) is 0.871. The van der Waals surface area contributed by atoms with Gasteiger partial charge in [0.25, 0.3) is 0 Å². The monoisotopic (exact) mass is 315 g/mol. The largest absolute Gasteiger partial charge is 0.417 e. The molecule has 1 aromatic carbocycles. The Kier molecular flexibility index (Phi) is 4.27. The van der Waals surface area contributed by atoms with Gasteiger partial charge < -0.3 is 10.6 Å². The first-order valence-electron chi connectivity index (χ1n) is 6.05. The Balaban J connectivity index is 2.17. The van der Waals surface area contributed by atoms with Gasteiger partial charge in [0.1, 0.15) is 5.82 Å². The van der Waals surface area contributed by atoms with E-state index in [1.54, 1.807) is 30.1 Å². The number of nitrogens with two attached hydrogens (primary N) is 1. The van der Waals surface area contributed by atoms with Gasteiger partial charge in [-0.05, 0) is 35.9 Å². The average molecular weight is 316 g/mol. The minimum Gasteiger partial charge on any atom is -0.399 e. The summed E-state index contributed by atoms with van der Waals surface area (Å²) in [4.78, 5) is 5.52. The molecule has 0 amide bonds. The normalized spacial score (nSPS) is 11.5. The van der Waals surface area contributed by atoms with E-state index in [4.69, 9.17) is 17.3 Å². The second kappa shape index (κ2) is 5.81. The van der Waals surface area contributed by atoms with Gasteiger partial charge >= 0.3 is 6.18 Å². The molecule has 0 atom stereocenters. The van der Waals surface area contributed by atoms with E-state index in [1.807, 2.05) is 0 Å². The molecule has 0 aliphatic carbocycles. The fraction of sp³-hybridized carbons (Fsp3) is 0.214. The maximum Gasteiger partial charge on any atom is 0.417 e. The van der Waals surface area contributed by atoms with Crippen molar-refractivity contribution in [3.63, 3.8) is 0 Å². The van der Waals surface area contributed by atoms with Crippen LogP contribution in [0.1, 0.15) is 11.1 Å². The van der Waals surface area contributed by atoms with Gasteiger partial charge in [-0.1, -0.05) is 11.6 Å². The smallest absolute Gasteiger partial charge is 0.399 e. The van der Waals surface area contributed by atoms with Gasteiger partial charge in [0, 0.05) is 30.5 Å². The number of nitrogens with zero attached hydrogens (tertiary/aromatic N) is 2. The van der Waals surface area contributed by atoms with E-state index in [9.17, 15) is 13.2 Å². The number of anilines is 2. The van der Waals surface area contributed by atoms with Gasteiger partial charge in [-0.15, -0.1) is 0 Å². The molecule has 7 heteroatoms. The summed E-state index contributed by atoms with van der Waals surface area (Å²) < 4.78 is 37.4. The third-order valence-corrected chi connectivity index (χ3v) is 3.31. The summed E-state index contributed by atoms with van der Waals surface area (Å²) in [6.45, 7) is 0.391. The average Bonchev–Trinajstić information content (AvgIpc) is 2.42. The maximum atomic E-state index is 12.5. The topological polar surface area (TPSA) is 42.1 Å². The lowest BCUT2D eigenvalue weighted by Gasteiger charge is -2.19. The van der Waals surface area contributed by atoms with E-state index in [2.05, 4.69) is 4.98 Å². The van der Waals surface area contributed by atoms with Crippen molar-refractivity contribution in [2.45, 2.75) is 12.7 Å². The van der Waals surface area contributed by atoms with Crippen molar-refractivity contribution in [3.8, 4) is 0 Å². The molecule has 2 N–H and O–H groups in total. The van der Waals surface area contributed by atoms with Crippen LogP contribution >= 0.6 is 11.6 Å². The van der Waals surface area contributed by atoms with E-state index in [0.29, 0.717) is 23.1 Å². The Morgan fingerprint density at radius 2 is 1.95 bits per heavy atom. The van der Waals surface area contributed by atoms with Crippen LogP contribution in [0.4, 0.5) is 24.7 Å². The van der Waals surface area contributed by atoms with Crippen molar-refractivity contribution in [1.29, 1.82) is 0 Å². The highest BCUT2D eigenvalue weighted by molar-refractivity contribution is 6.31. The Bertz CT molecular complexity index is 626. The number of benzene rings is 1. The molecule has 1 heterocycles. The number of aromatic nitrogens is 1. The first-order chi connectivity index (χ1) is 9.77. The van der Waals surface area contributed by atoms with Gasteiger partial charge in [-0.3, -0.25) is 0 Å². The van der Waals surface area contributed by atoms with Crippen molar-refractivity contribution in [2.24, 2.45) is 0 Å². The van der Waals surface area contributed by atoms with Crippen molar-refractivity contribution in [1.82, 2.24) is 4.98 Å². The molecule has 0 fully saturated rings. The summed E-state index contributed by atoms with van der Waals surface area (Å²) >= 11 is 6.06. The summed E-state index contributed by atoms with van der Waals surface area (Å²) in [5.74, 6) is 0.418. The molecule has 2 aromatic rings. The van der Waals surface area contributed by atoms with Crippen LogP contribution < -0.4 is 10.6 Å². The van der Waals surface area contributed by atoms with E-state index >= 15 is 0 Å². The number of alkyl halides is 3. The van der Waals surface area contributed by atoms with Gasteiger partial charge in [0.2, 0.25) is 0 Å². The molecule has 21 heavy (non-hydrogen) atoms. The lowest BCUT2D eigenvalue weighted by atomic mass is 10.2. The number of rotatable bonds is 3. The third-order valence-electron chi connectivity index (χ3n) is 2.94. The maximum absolute atomic E-state index is 12.5. The molecule has 0 aliphatic rings. The molecule has 0 aliphatic heterocycles. The summed E-state index contributed by atoms with van der Waals surface area (Å²) in [6.07, 6.45) is -3.58. The number of halogens is 4. The van der Waals surface area contributed by atoms with Crippen molar-refractivity contribution in [3.05, 3.63) is 52.7 Å². The van der Waals surface area contributed by atoms with Gasteiger partial charge in [-0.25, -0.2) is 4.98 Å². The Labute approximate surface area is 125 Å². The number of nitrogen functional groups attached to an aromatic ring is 1. The summed E-state index contributed by atoms with van der Waals surface area (Å²) in [7, 11) is 1.72. The minimum absolute atomic E-state index is 0.391. The summed E-state index contributed by atoms with van der Waals surface area (Å²) in [6, 6.07) is 7.41. The van der Waals surface area contributed by atoms with Crippen LogP contribution in [0.2, 0.25) is 5.02 Å². The highest BCUT2D eigenvalue weighted by atomic mass is 35.5.